The van der Waals surface area contributed by atoms with Gasteiger partial charge < -0.3 is 0 Å². The van der Waals surface area contributed by atoms with Crippen LogP contribution in [0.5, 0.6) is 0 Å². The van der Waals surface area contributed by atoms with Gasteiger partial charge in [0.1, 0.15) is 0 Å². The maximum absolute atomic E-state index is 12.1. The molecule has 0 amide bonds. The van der Waals surface area contributed by atoms with Crippen LogP contribution in [-0.4, -0.2) is 18.1 Å². The van der Waals surface area contributed by atoms with Gasteiger partial charge in [0.2, 0.25) is 0 Å². The van der Waals surface area contributed by atoms with Crippen LogP contribution in [0, 0.1) is 0 Å². The zero-order chi connectivity index (χ0) is 9.19. The first-order valence-electron chi connectivity index (χ1n) is 3.35. The molecule has 1 aliphatic heterocycles. The molecule has 0 atom stereocenters. The summed E-state index contributed by atoms with van der Waals surface area (Å²) in [6, 6.07) is 0. The van der Waals surface area contributed by atoms with Crippen molar-refractivity contribution in [3.63, 3.8) is 0 Å². The lowest BCUT2D eigenvalue weighted by atomic mass is 10.1. The average molecular weight is 176 g/mol. The Hall–Kier alpha value is -1.13. The second kappa shape index (κ2) is 3.08. The number of nitrogens with zero attached hydrogens (tertiary/aromatic N) is 2. The molecule has 0 saturated carbocycles. The summed E-state index contributed by atoms with van der Waals surface area (Å²) in [6.45, 7) is 1.38. The number of halogens is 3. The van der Waals surface area contributed by atoms with E-state index in [9.17, 15) is 13.2 Å². The van der Waals surface area contributed by atoms with Crippen molar-refractivity contribution in [1.29, 1.82) is 0 Å². The van der Waals surface area contributed by atoms with Gasteiger partial charge in [-0.25, -0.2) is 0 Å². The van der Waals surface area contributed by atoms with E-state index in [1.807, 2.05) is 0 Å². The molecule has 0 aromatic rings. The van der Waals surface area contributed by atoms with Crippen LogP contribution in [0.3, 0.4) is 0 Å². The summed E-state index contributed by atoms with van der Waals surface area (Å²) >= 11 is 0. The van der Waals surface area contributed by atoms with Crippen molar-refractivity contribution >= 4 is 11.9 Å². The molecule has 1 rings (SSSR count). The Bertz CT molecular complexity index is 260. The first-order chi connectivity index (χ1) is 5.52. The van der Waals surface area contributed by atoms with E-state index in [0.717, 1.165) is 0 Å². The Morgan fingerprint density at radius 3 is 2.67 bits per heavy atom. The van der Waals surface area contributed by atoms with Gasteiger partial charge in [0, 0.05) is 12.6 Å². The Kier molecular flexibility index (Phi) is 2.30. The van der Waals surface area contributed by atoms with E-state index in [0.29, 0.717) is 6.42 Å². The number of alkyl halides is 3. The first-order valence-corrected chi connectivity index (χ1v) is 3.35. The fraction of sp³-hybridized carbons (Fsp3) is 0.429. The highest BCUT2D eigenvalue weighted by atomic mass is 19.4. The zero-order valence-corrected chi connectivity index (χ0v) is 6.39. The highest BCUT2D eigenvalue weighted by Gasteiger charge is 2.37. The molecule has 0 saturated heterocycles. The van der Waals surface area contributed by atoms with Crippen LogP contribution < -0.4 is 0 Å². The predicted octanol–water partition coefficient (Wildman–Crippen LogP) is 2.33. The van der Waals surface area contributed by atoms with E-state index in [2.05, 4.69) is 10.2 Å². The topological polar surface area (TPSA) is 24.7 Å². The Morgan fingerprint density at radius 1 is 1.42 bits per heavy atom. The van der Waals surface area contributed by atoms with Gasteiger partial charge in [-0.3, -0.25) is 0 Å². The summed E-state index contributed by atoms with van der Waals surface area (Å²) in [5, 5.41) is 6.33. The molecule has 0 fully saturated rings. The fourth-order valence-corrected chi connectivity index (χ4v) is 0.831. The van der Waals surface area contributed by atoms with Gasteiger partial charge in [-0.05, 0) is 12.5 Å². The van der Waals surface area contributed by atoms with Gasteiger partial charge >= 0.3 is 6.18 Å². The van der Waals surface area contributed by atoms with Crippen molar-refractivity contribution in [3.8, 4) is 0 Å². The van der Waals surface area contributed by atoms with Crippen LogP contribution in [0.1, 0.15) is 13.3 Å². The first kappa shape index (κ1) is 8.96. The van der Waals surface area contributed by atoms with Crippen LogP contribution >= 0.6 is 0 Å². The lowest BCUT2D eigenvalue weighted by molar-refractivity contribution is -0.0583. The summed E-state index contributed by atoms with van der Waals surface area (Å²) < 4.78 is 36.4. The molecule has 66 valence electrons. The van der Waals surface area contributed by atoms with Crippen molar-refractivity contribution < 1.29 is 13.2 Å². The minimum atomic E-state index is -4.40. The van der Waals surface area contributed by atoms with E-state index < -0.39 is 11.9 Å². The largest absolute Gasteiger partial charge is 0.435 e. The monoisotopic (exact) mass is 176 g/mol. The highest BCUT2D eigenvalue weighted by molar-refractivity contribution is 6.04. The molecule has 0 spiro atoms. The molecule has 1 heterocycles. The van der Waals surface area contributed by atoms with Gasteiger partial charge in [0.25, 0.3) is 0 Å². The van der Waals surface area contributed by atoms with Crippen molar-refractivity contribution in [1.82, 2.24) is 0 Å². The van der Waals surface area contributed by atoms with Crippen molar-refractivity contribution in [3.05, 3.63) is 11.6 Å². The molecule has 0 unspecified atom stereocenters. The second-order valence-corrected chi connectivity index (χ2v) is 2.37. The maximum atomic E-state index is 12.1. The number of hydrogen-bond donors (Lipinski definition) is 0. The van der Waals surface area contributed by atoms with Crippen molar-refractivity contribution in [2.75, 3.05) is 0 Å². The Balaban J connectivity index is 3.01. The zero-order valence-electron chi connectivity index (χ0n) is 6.39. The molecular formula is C7H7F3N2. The lowest BCUT2D eigenvalue weighted by Crippen LogP contribution is -2.23. The van der Waals surface area contributed by atoms with Crippen molar-refractivity contribution in [2.24, 2.45) is 10.2 Å². The van der Waals surface area contributed by atoms with Gasteiger partial charge in [0.15, 0.2) is 5.71 Å². The number of rotatable bonds is 0. The Labute approximate surface area is 67.5 Å². The van der Waals surface area contributed by atoms with E-state index in [1.54, 1.807) is 0 Å². The van der Waals surface area contributed by atoms with Crippen LogP contribution in [0.2, 0.25) is 0 Å². The van der Waals surface area contributed by atoms with Crippen LogP contribution in [-0.2, 0) is 0 Å². The summed E-state index contributed by atoms with van der Waals surface area (Å²) in [5.41, 5.74) is -0.781. The molecule has 12 heavy (non-hydrogen) atoms. The van der Waals surface area contributed by atoms with Crippen LogP contribution in [0.4, 0.5) is 13.2 Å². The second-order valence-electron chi connectivity index (χ2n) is 2.37. The third-order valence-corrected chi connectivity index (χ3v) is 1.41. The lowest BCUT2D eigenvalue weighted by Gasteiger charge is -2.07. The van der Waals surface area contributed by atoms with Crippen LogP contribution in [0.15, 0.2) is 21.9 Å². The SMILES string of the molecule is CC1=CCC=NN=C1C(F)(F)F. The molecule has 0 aliphatic carbocycles. The van der Waals surface area contributed by atoms with Gasteiger partial charge in [-0.15, -0.1) is 5.10 Å². The molecule has 0 radical (unpaired) electrons. The molecule has 0 N–H and O–H groups in total. The predicted molar refractivity (Wildman–Crippen MR) is 40.4 cm³/mol. The van der Waals surface area contributed by atoms with Crippen molar-refractivity contribution in [2.45, 2.75) is 19.5 Å². The molecule has 0 aromatic heterocycles. The summed E-state index contributed by atoms with van der Waals surface area (Å²) in [7, 11) is 0. The summed E-state index contributed by atoms with van der Waals surface area (Å²) in [4.78, 5) is 0. The highest BCUT2D eigenvalue weighted by Crippen LogP contribution is 2.23. The standard InChI is InChI=1S/C7H7F3N2/c1-5-3-2-4-11-12-6(5)7(8,9)10/h3-4H,2H2,1H3. The molecular weight excluding hydrogens is 169 g/mol. The van der Waals surface area contributed by atoms with Gasteiger partial charge in [0.05, 0.1) is 0 Å². The molecule has 0 bridgehead atoms. The third kappa shape index (κ3) is 1.93. The normalized spacial score (nSPS) is 18.3. The van der Waals surface area contributed by atoms with Crippen LogP contribution in [0.25, 0.3) is 0 Å². The maximum Gasteiger partial charge on any atom is 0.435 e. The smallest absolute Gasteiger partial charge is 0.164 e. The molecule has 1 aliphatic rings. The third-order valence-electron chi connectivity index (χ3n) is 1.41. The summed E-state index contributed by atoms with van der Waals surface area (Å²) in [5.74, 6) is 0. The van der Waals surface area contributed by atoms with E-state index in [1.165, 1.54) is 19.2 Å². The molecule has 0 aromatic carbocycles. The van der Waals surface area contributed by atoms with E-state index in [4.69, 9.17) is 0 Å². The Morgan fingerprint density at radius 2 is 2.08 bits per heavy atom. The van der Waals surface area contributed by atoms with E-state index >= 15 is 0 Å². The minimum Gasteiger partial charge on any atom is -0.164 e. The van der Waals surface area contributed by atoms with Gasteiger partial charge in [-0.1, -0.05) is 6.08 Å². The number of hydrogen-bond acceptors (Lipinski definition) is 2. The molecule has 5 heteroatoms. The average Bonchev–Trinajstić information content (AvgIpc) is 2.11. The van der Waals surface area contributed by atoms with Gasteiger partial charge in [-0.2, -0.15) is 18.3 Å². The minimum absolute atomic E-state index is 0.125. The quantitative estimate of drug-likeness (QED) is 0.541. The fourth-order valence-electron chi connectivity index (χ4n) is 0.831. The molecule has 2 nitrogen and oxygen atoms in total. The van der Waals surface area contributed by atoms with E-state index in [-0.39, 0.29) is 5.57 Å². The number of allylic oxidation sites excluding steroid dienone is 2. The summed E-state index contributed by atoms with van der Waals surface area (Å²) in [6.07, 6.45) is -1.22.